The summed E-state index contributed by atoms with van der Waals surface area (Å²) >= 11 is 1.83. The molecule has 0 unspecified atom stereocenters. The van der Waals surface area contributed by atoms with Gasteiger partial charge < -0.3 is 13.4 Å². The lowest BCUT2D eigenvalue weighted by molar-refractivity contribution is 0.666. The SMILES string of the molecule is c1ccc2c(c1)oc1c(-n3c4ccccc4c4cc(-c5cccc6sc7ccc8c9ccccc9oc8c7c56)ccc43)cccc12. The fraction of sp³-hybridized carbons (Fsp3) is 0. The summed E-state index contributed by atoms with van der Waals surface area (Å²) in [7, 11) is 0. The number of para-hydroxylation sites is 4. The van der Waals surface area contributed by atoms with E-state index in [2.05, 4.69) is 126 Å². The second kappa shape index (κ2) is 8.87. The van der Waals surface area contributed by atoms with Crippen LogP contribution in [0.2, 0.25) is 0 Å². The maximum Gasteiger partial charge on any atom is 0.159 e. The molecule has 0 radical (unpaired) electrons. The molecule has 0 fully saturated rings. The minimum atomic E-state index is 0.903. The molecule has 0 aliphatic carbocycles. The molecule has 214 valence electrons. The van der Waals surface area contributed by atoms with Crippen LogP contribution in [0, 0.1) is 0 Å². The van der Waals surface area contributed by atoms with Crippen LogP contribution in [0.25, 0.3) is 103 Å². The first-order valence-electron chi connectivity index (χ1n) is 15.5. The third kappa shape index (κ3) is 3.16. The number of thiophene rings is 1. The van der Waals surface area contributed by atoms with E-state index in [4.69, 9.17) is 8.83 Å². The molecule has 4 aromatic heterocycles. The van der Waals surface area contributed by atoms with Crippen LogP contribution in [0.5, 0.6) is 0 Å². The summed E-state index contributed by atoms with van der Waals surface area (Å²) in [5.41, 5.74) is 9.47. The van der Waals surface area contributed by atoms with Gasteiger partial charge in [0.15, 0.2) is 5.58 Å². The van der Waals surface area contributed by atoms with Gasteiger partial charge in [0.2, 0.25) is 0 Å². The number of benzene rings is 7. The van der Waals surface area contributed by atoms with Crippen molar-refractivity contribution in [3.8, 4) is 16.8 Å². The van der Waals surface area contributed by atoms with Crippen LogP contribution < -0.4 is 0 Å². The minimum absolute atomic E-state index is 0.903. The molecule has 46 heavy (non-hydrogen) atoms. The van der Waals surface area contributed by atoms with E-state index >= 15 is 0 Å². The van der Waals surface area contributed by atoms with Gasteiger partial charge >= 0.3 is 0 Å². The molecule has 3 nitrogen and oxygen atoms in total. The Morgan fingerprint density at radius 1 is 0.435 bits per heavy atom. The van der Waals surface area contributed by atoms with Gasteiger partial charge in [0.25, 0.3) is 0 Å². The third-order valence-corrected chi connectivity index (χ3v) is 10.7. The average molecular weight is 606 g/mol. The van der Waals surface area contributed by atoms with E-state index < -0.39 is 0 Å². The molecule has 0 N–H and O–H groups in total. The number of hydrogen-bond donors (Lipinski definition) is 0. The highest BCUT2D eigenvalue weighted by Crippen LogP contribution is 2.46. The van der Waals surface area contributed by atoms with Gasteiger partial charge in [0, 0.05) is 52.5 Å². The Bertz CT molecular complexity index is 3040. The fourth-order valence-electron chi connectivity index (χ4n) is 7.63. The summed E-state index contributed by atoms with van der Waals surface area (Å²) in [4.78, 5) is 0. The number of fused-ring (bicyclic) bond motifs is 13. The van der Waals surface area contributed by atoms with E-state index in [1.54, 1.807) is 0 Å². The molecule has 4 heterocycles. The van der Waals surface area contributed by atoms with Crippen molar-refractivity contribution in [3.63, 3.8) is 0 Å². The van der Waals surface area contributed by atoms with Crippen LogP contribution in [-0.2, 0) is 0 Å². The van der Waals surface area contributed by atoms with Gasteiger partial charge in [-0.05, 0) is 65.7 Å². The highest BCUT2D eigenvalue weighted by Gasteiger charge is 2.20. The number of nitrogens with zero attached hydrogens (tertiary/aromatic N) is 1. The molecule has 4 heteroatoms. The molecule has 0 atom stereocenters. The number of furan rings is 2. The molecule has 0 saturated carbocycles. The van der Waals surface area contributed by atoms with Crippen LogP contribution in [0.1, 0.15) is 0 Å². The first-order valence-corrected chi connectivity index (χ1v) is 16.3. The first-order chi connectivity index (χ1) is 22.8. The Morgan fingerprint density at radius 2 is 1.09 bits per heavy atom. The molecule has 0 bridgehead atoms. The van der Waals surface area contributed by atoms with Crippen molar-refractivity contribution >= 4 is 97.2 Å². The molecule has 11 aromatic rings. The van der Waals surface area contributed by atoms with Gasteiger partial charge in [-0.1, -0.05) is 84.9 Å². The zero-order valence-corrected chi connectivity index (χ0v) is 25.3. The standard InChI is InChI=1S/C42H23NO2S/c1-4-14-32-26(9-1)31-23-24(19-21-33(31)43(32)34-15-7-13-29-27-10-2-5-16-35(27)44-41(29)34)25-12-8-18-37-39(25)40-38(46-37)22-20-30-28-11-3-6-17-36(28)45-42(30)40/h1-23H. The maximum atomic E-state index is 6.55. The molecule has 7 aromatic carbocycles. The zero-order chi connectivity index (χ0) is 29.9. The predicted octanol–water partition coefficient (Wildman–Crippen LogP) is 12.6. The third-order valence-electron chi connectivity index (χ3n) is 9.61. The maximum absolute atomic E-state index is 6.55. The smallest absolute Gasteiger partial charge is 0.159 e. The quantitative estimate of drug-likeness (QED) is 0.196. The van der Waals surface area contributed by atoms with Gasteiger partial charge in [-0.25, -0.2) is 0 Å². The molecule has 0 saturated heterocycles. The average Bonchev–Trinajstić information content (AvgIpc) is 3.86. The van der Waals surface area contributed by atoms with Crippen molar-refractivity contribution in [1.82, 2.24) is 4.57 Å². The summed E-state index contributed by atoms with van der Waals surface area (Å²) in [6, 6.07) is 49.8. The molecule has 0 amide bonds. The van der Waals surface area contributed by atoms with Gasteiger partial charge in [0.05, 0.1) is 16.7 Å². The highest BCUT2D eigenvalue weighted by molar-refractivity contribution is 7.26. The van der Waals surface area contributed by atoms with Gasteiger partial charge in [-0.2, -0.15) is 0 Å². The van der Waals surface area contributed by atoms with Crippen molar-refractivity contribution in [3.05, 3.63) is 140 Å². The van der Waals surface area contributed by atoms with Crippen LogP contribution in [0.3, 0.4) is 0 Å². The van der Waals surface area contributed by atoms with Crippen molar-refractivity contribution in [1.29, 1.82) is 0 Å². The predicted molar refractivity (Wildman–Crippen MR) is 194 cm³/mol. The Hall–Kier alpha value is -5.84. The van der Waals surface area contributed by atoms with Crippen LogP contribution in [0.4, 0.5) is 0 Å². The monoisotopic (exact) mass is 605 g/mol. The lowest BCUT2D eigenvalue weighted by Crippen LogP contribution is -1.94. The van der Waals surface area contributed by atoms with E-state index in [-0.39, 0.29) is 0 Å². The normalized spacial score (nSPS) is 12.3. The summed E-state index contributed by atoms with van der Waals surface area (Å²) < 4.78 is 17.9. The summed E-state index contributed by atoms with van der Waals surface area (Å²) in [6.45, 7) is 0. The summed E-state index contributed by atoms with van der Waals surface area (Å²) in [6.07, 6.45) is 0. The Balaban J connectivity index is 1.21. The topological polar surface area (TPSA) is 31.2 Å². The van der Waals surface area contributed by atoms with Crippen molar-refractivity contribution in [2.24, 2.45) is 0 Å². The highest BCUT2D eigenvalue weighted by atomic mass is 32.1. The Morgan fingerprint density at radius 3 is 1.93 bits per heavy atom. The van der Waals surface area contributed by atoms with Crippen molar-refractivity contribution < 1.29 is 8.83 Å². The molecule has 11 rings (SSSR count). The van der Waals surface area contributed by atoms with E-state index in [0.717, 1.165) is 60.6 Å². The van der Waals surface area contributed by atoms with Crippen LogP contribution in [0.15, 0.2) is 148 Å². The van der Waals surface area contributed by atoms with Gasteiger partial charge in [0.1, 0.15) is 16.7 Å². The summed E-state index contributed by atoms with van der Waals surface area (Å²) in [5.74, 6) is 0. The second-order valence-electron chi connectivity index (χ2n) is 12.0. The van der Waals surface area contributed by atoms with E-state index in [1.807, 2.05) is 29.5 Å². The van der Waals surface area contributed by atoms with Crippen molar-refractivity contribution in [2.75, 3.05) is 0 Å². The number of hydrogen-bond acceptors (Lipinski definition) is 3. The molecule has 0 aliphatic heterocycles. The first kappa shape index (κ1) is 24.5. The van der Waals surface area contributed by atoms with Crippen molar-refractivity contribution in [2.45, 2.75) is 0 Å². The second-order valence-corrected chi connectivity index (χ2v) is 13.1. The molecule has 0 aliphatic rings. The van der Waals surface area contributed by atoms with Crippen LogP contribution in [-0.4, -0.2) is 4.57 Å². The minimum Gasteiger partial charge on any atom is -0.455 e. The van der Waals surface area contributed by atoms with E-state index in [0.29, 0.717) is 0 Å². The Labute approximate surface area is 266 Å². The lowest BCUT2D eigenvalue weighted by Gasteiger charge is -2.09. The fourth-order valence-corrected chi connectivity index (χ4v) is 8.76. The number of aromatic nitrogens is 1. The van der Waals surface area contributed by atoms with E-state index in [1.165, 1.54) is 42.1 Å². The molecule has 0 spiro atoms. The van der Waals surface area contributed by atoms with E-state index in [9.17, 15) is 0 Å². The lowest BCUT2D eigenvalue weighted by atomic mass is 9.97. The largest absolute Gasteiger partial charge is 0.455 e. The molecular formula is C42H23NO2S. The van der Waals surface area contributed by atoms with Gasteiger partial charge in [-0.15, -0.1) is 11.3 Å². The van der Waals surface area contributed by atoms with Crippen LogP contribution >= 0.6 is 11.3 Å². The van der Waals surface area contributed by atoms with Gasteiger partial charge in [-0.3, -0.25) is 0 Å². The Kier molecular flexibility index (Phi) is 4.72. The molecular weight excluding hydrogens is 583 g/mol. The summed E-state index contributed by atoms with van der Waals surface area (Å²) in [5, 5.41) is 9.47. The zero-order valence-electron chi connectivity index (χ0n) is 24.5. The number of rotatable bonds is 2.